The Bertz CT molecular complexity index is 742. The van der Waals surface area contributed by atoms with Gasteiger partial charge < -0.3 is 10.5 Å². The number of hydrogen-bond acceptors (Lipinski definition) is 6. The van der Waals surface area contributed by atoms with Crippen LogP contribution in [0.2, 0.25) is 0 Å². The third-order valence-corrected chi connectivity index (χ3v) is 4.28. The minimum absolute atomic E-state index is 0.00774. The zero-order valence-electron chi connectivity index (χ0n) is 13.2. The number of benzene rings is 1. The summed E-state index contributed by atoms with van der Waals surface area (Å²) in [5.41, 5.74) is 6.74. The number of nitrogens with zero attached hydrogens (tertiary/aromatic N) is 3. The zero-order chi connectivity index (χ0) is 17.0. The average molecular weight is 334 g/mol. The van der Waals surface area contributed by atoms with Crippen molar-refractivity contribution < 1.29 is 14.3 Å². The van der Waals surface area contributed by atoms with Gasteiger partial charge in [-0.1, -0.05) is 11.8 Å². The van der Waals surface area contributed by atoms with Gasteiger partial charge in [-0.2, -0.15) is 0 Å². The van der Waals surface area contributed by atoms with E-state index in [1.165, 1.54) is 18.7 Å². The third kappa shape index (κ3) is 4.10. The molecule has 0 aliphatic rings. The standard InChI is InChI=1S/C15H18N4O3S/c1-9(20)11-4-5-13(22-3)12(6-11)8-23-15-18-17-10(2)19(15)7-14(16)21/h4-6H,7-8H2,1-3H3,(H2,16,21). The molecule has 0 fully saturated rings. The maximum atomic E-state index is 11.5. The van der Waals surface area contributed by atoms with Crippen molar-refractivity contribution in [1.82, 2.24) is 14.8 Å². The Morgan fingerprint density at radius 3 is 2.70 bits per heavy atom. The lowest BCUT2D eigenvalue weighted by atomic mass is 10.1. The molecule has 0 aliphatic carbocycles. The molecule has 0 bridgehead atoms. The summed E-state index contributed by atoms with van der Waals surface area (Å²) in [6.45, 7) is 3.31. The number of carbonyl (C=O) groups excluding carboxylic acids is 2. The molecule has 0 saturated carbocycles. The lowest BCUT2D eigenvalue weighted by Gasteiger charge is -2.10. The summed E-state index contributed by atoms with van der Waals surface area (Å²) in [5.74, 6) is 1.38. The van der Waals surface area contributed by atoms with E-state index in [-0.39, 0.29) is 12.3 Å². The van der Waals surface area contributed by atoms with Crippen LogP contribution in [0.1, 0.15) is 28.7 Å². The predicted octanol–water partition coefficient (Wildman–Crippen LogP) is 1.58. The Hall–Kier alpha value is -2.35. The molecule has 0 aliphatic heterocycles. The number of carbonyl (C=O) groups is 2. The maximum Gasteiger partial charge on any atom is 0.237 e. The molecule has 0 saturated heterocycles. The van der Waals surface area contributed by atoms with Crippen molar-refractivity contribution in [3.63, 3.8) is 0 Å². The van der Waals surface area contributed by atoms with Gasteiger partial charge in [-0.3, -0.25) is 14.2 Å². The fraction of sp³-hybridized carbons (Fsp3) is 0.333. The number of thioether (sulfide) groups is 1. The highest BCUT2D eigenvalue weighted by molar-refractivity contribution is 7.98. The Labute approximate surface area is 138 Å². The van der Waals surface area contributed by atoms with Crippen molar-refractivity contribution in [1.29, 1.82) is 0 Å². The number of aryl methyl sites for hydroxylation is 1. The van der Waals surface area contributed by atoms with Gasteiger partial charge in [-0.05, 0) is 32.0 Å². The number of ether oxygens (including phenoxy) is 1. The summed E-state index contributed by atoms with van der Waals surface area (Å²) < 4.78 is 6.99. The number of hydrogen-bond donors (Lipinski definition) is 1. The van der Waals surface area contributed by atoms with Gasteiger partial charge in [-0.25, -0.2) is 0 Å². The SMILES string of the molecule is COc1ccc(C(C)=O)cc1CSc1nnc(C)n1CC(N)=O. The van der Waals surface area contributed by atoms with Gasteiger partial charge >= 0.3 is 0 Å². The van der Waals surface area contributed by atoms with E-state index in [0.29, 0.717) is 28.0 Å². The van der Waals surface area contributed by atoms with Crippen molar-refractivity contribution in [2.45, 2.75) is 31.3 Å². The van der Waals surface area contributed by atoms with Crippen LogP contribution in [0.15, 0.2) is 23.4 Å². The van der Waals surface area contributed by atoms with Crippen LogP contribution in [0.4, 0.5) is 0 Å². The Kier molecular flexibility index (Phi) is 5.38. The van der Waals surface area contributed by atoms with Crippen molar-refractivity contribution in [3.05, 3.63) is 35.2 Å². The van der Waals surface area contributed by atoms with E-state index < -0.39 is 5.91 Å². The molecule has 0 spiro atoms. The molecule has 2 N–H and O–H groups in total. The van der Waals surface area contributed by atoms with Crippen LogP contribution >= 0.6 is 11.8 Å². The Balaban J connectivity index is 2.22. The summed E-state index contributed by atoms with van der Waals surface area (Å²) >= 11 is 1.40. The van der Waals surface area contributed by atoms with E-state index >= 15 is 0 Å². The summed E-state index contributed by atoms with van der Waals surface area (Å²) in [5, 5.41) is 8.62. The van der Waals surface area contributed by atoms with Gasteiger partial charge in [0.15, 0.2) is 10.9 Å². The van der Waals surface area contributed by atoms with Gasteiger partial charge in [0, 0.05) is 16.9 Å². The number of methoxy groups -OCH3 is 1. The number of primary amides is 1. The number of ketones is 1. The maximum absolute atomic E-state index is 11.5. The minimum Gasteiger partial charge on any atom is -0.496 e. The first-order valence-corrected chi connectivity index (χ1v) is 7.89. The van der Waals surface area contributed by atoms with Crippen LogP contribution in [0.5, 0.6) is 5.75 Å². The van der Waals surface area contributed by atoms with Crippen molar-refractivity contribution in [2.24, 2.45) is 5.73 Å². The molecule has 1 heterocycles. The van der Waals surface area contributed by atoms with E-state index in [4.69, 9.17) is 10.5 Å². The second-order valence-electron chi connectivity index (χ2n) is 4.95. The second-order valence-corrected chi connectivity index (χ2v) is 5.90. The molecule has 2 aromatic rings. The summed E-state index contributed by atoms with van der Waals surface area (Å²) in [7, 11) is 1.58. The largest absolute Gasteiger partial charge is 0.496 e. The number of Topliss-reactive ketones (excluding diaryl/α,β-unsaturated/α-hetero) is 1. The lowest BCUT2D eigenvalue weighted by molar-refractivity contribution is -0.118. The molecule has 1 aromatic heterocycles. The number of rotatable bonds is 7. The highest BCUT2D eigenvalue weighted by Gasteiger charge is 2.14. The van der Waals surface area contributed by atoms with Crippen LogP contribution in [-0.4, -0.2) is 33.6 Å². The number of amides is 1. The zero-order valence-corrected chi connectivity index (χ0v) is 14.0. The molecule has 1 amide bonds. The van der Waals surface area contributed by atoms with Crippen LogP contribution in [-0.2, 0) is 17.1 Å². The Morgan fingerprint density at radius 2 is 2.09 bits per heavy atom. The van der Waals surface area contributed by atoms with Crippen LogP contribution in [0.25, 0.3) is 0 Å². The quantitative estimate of drug-likeness (QED) is 0.609. The summed E-state index contributed by atoms with van der Waals surface area (Å²) in [6, 6.07) is 5.30. The third-order valence-electron chi connectivity index (χ3n) is 3.26. The molecule has 0 unspecified atom stereocenters. The van der Waals surface area contributed by atoms with Gasteiger partial charge in [0.1, 0.15) is 18.1 Å². The van der Waals surface area contributed by atoms with Gasteiger partial charge in [0.05, 0.1) is 7.11 Å². The molecule has 1 aromatic carbocycles. The molecule has 7 nitrogen and oxygen atoms in total. The van der Waals surface area contributed by atoms with Crippen LogP contribution in [0, 0.1) is 6.92 Å². The second kappa shape index (κ2) is 7.28. The highest BCUT2D eigenvalue weighted by Crippen LogP contribution is 2.28. The van der Waals surface area contributed by atoms with Crippen molar-refractivity contribution in [2.75, 3.05) is 7.11 Å². The topological polar surface area (TPSA) is 100 Å². The normalized spacial score (nSPS) is 10.6. The fourth-order valence-corrected chi connectivity index (χ4v) is 3.02. The Morgan fingerprint density at radius 1 is 1.35 bits per heavy atom. The van der Waals surface area contributed by atoms with Crippen molar-refractivity contribution in [3.8, 4) is 5.75 Å². The number of nitrogens with two attached hydrogens (primary N) is 1. The molecular weight excluding hydrogens is 316 g/mol. The lowest BCUT2D eigenvalue weighted by Crippen LogP contribution is -2.20. The highest BCUT2D eigenvalue weighted by atomic mass is 32.2. The smallest absolute Gasteiger partial charge is 0.237 e. The molecule has 122 valence electrons. The predicted molar refractivity (Wildman–Crippen MR) is 86.5 cm³/mol. The number of aromatic nitrogens is 3. The first-order valence-electron chi connectivity index (χ1n) is 6.91. The molecule has 2 rings (SSSR count). The van der Waals surface area contributed by atoms with Gasteiger partial charge in [0.2, 0.25) is 5.91 Å². The summed E-state index contributed by atoms with van der Waals surface area (Å²) in [6.07, 6.45) is 0. The van der Waals surface area contributed by atoms with E-state index in [9.17, 15) is 9.59 Å². The van der Waals surface area contributed by atoms with E-state index in [2.05, 4.69) is 10.2 Å². The van der Waals surface area contributed by atoms with Crippen LogP contribution < -0.4 is 10.5 Å². The minimum atomic E-state index is -0.453. The van der Waals surface area contributed by atoms with Crippen LogP contribution in [0.3, 0.4) is 0 Å². The molecule has 0 atom stereocenters. The molecule has 23 heavy (non-hydrogen) atoms. The summed E-state index contributed by atoms with van der Waals surface area (Å²) in [4.78, 5) is 22.7. The molecule has 8 heteroatoms. The average Bonchev–Trinajstić information content (AvgIpc) is 2.84. The first-order chi connectivity index (χ1) is 10.9. The van der Waals surface area contributed by atoms with E-state index in [1.807, 2.05) is 0 Å². The molecule has 0 radical (unpaired) electrons. The van der Waals surface area contributed by atoms with E-state index in [0.717, 1.165) is 5.56 Å². The van der Waals surface area contributed by atoms with Crippen molar-refractivity contribution >= 4 is 23.5 Å². The van der Waals surface area contributed by atoms with Gasteiger partial charge in [-0.15, -0.1) is 10.2 Å². The monoisotopic (exact) mass is 334 g/mol. The first kappa shape index (κ1) is 17.0. The van der Waals surface area contributed by atoms with Gasteiger partial charge in [0.25, 0.3) is 0 Å². The van der Waals surface area contributed by atoms with E-state index in [1.54, 1.807) is 36.8 Å². The fourth-order valence-electron chi connectivity index (χ4n) is 2.06. The molecular formula is C15H18N4O3S.